The van der Waals surface area contributed by atoms with Crippen LogP contribution >= 0.6 is 0 Å². The van der Waals surface area contributed by atoms with Crippen LogP contribution in [-0.4, -0.2) is 24.3 Å². The minimum absolute atomic E-state index is 0.570. The van der Waals surface area contributed by atoms with Gasteiger partial charge >= 0.3 is 0 Å². The monoisotopic (exact) mass is 271 g/mol. The number of benzene rings is 1. The van der Waals surface area contributed by atoms with Gasteiger partial charge in [0, 0.05) is 37.3 Å². The van der Waals surface area contributed by atoms with E-state index in [9.17, 15) is 9.59 Å². The van der Waals surface area contributed by atoms with E-state index in [1.807, 2.05) is 31.2 Å². The summed E-state index contributed by atoms with van der Waals surface area (Å²) < 4.78 is 0. The number of nitrogens with one attached hydrogen (secondary N) is 3. The van der Waals surface area contributed by atoms with Crippen LogP contribution in [0, 0.1) is 12.3 Å². The summed E-state index contributed by atoms with van der Waals surface area (Å²) in [5.41, 5.74) is 1.33. The number of ketones is 2. The van der Waals surface area contributed by atoms with E-state index < -0.39 is 17.3 Å². The van der Waals surface area contributed by atoms with E-state index in [-0.39, 0.29) is 0 Å². The fraction of sp³-hybridized carbons (Fsp3) is 0.133. The van der Waals surface area contributed by atoms with Gasteiger partial charge in [-0.15, -0.1) is 0 Å². The molecule has 0 aliphatic heterocycles. The zero-order chi connectivity index (χ0) is 15.0. The molecule has 5 heteroatoms. The molecular weight excluding hydrogens is 254 g/mol. The van der Waals surface area contributed by atoms with Crippen LogP contribution in [0.5, 0.6) is 0 Å². The second kappa shape index (κ2) is 7.68. The molecule has 1 rings (SSSR count). The first-order valence-electron chi connectivity index (χ1n) is 6.06. The Morgan fingerprint density at radius 3 is 2.30 bits per heavy atom. The quantitative estimate of drug-likeness (QED) is 0.401. The van der Waals surface area contributed by atoms with Crippen LogP contribution in [0.25, 0.3) is 0 Å². The van der Waals surface area contributed by atoms with E-state index >= 15 is 0 Å². The highest BCUT2D eigenvalue weighted by molar-refractivity contribution is 6.69. The summed E-state index contributed by atoms with van der Waals surface area (Å²) in [6.07, 6.45) is 5.11. The lowest BCUT2D eigenvalue weighted by molar-refractivity contribution is -0.112. The third kappa shape index (κ3) is 4.53. The Labute approximate surface area is 117 Å². The number of hydrogen-bond acceptors (Lipinski definition) is 5. The average molecular weight is 271 g/mol. The molecule has 0 saturated carbocycles. The molecule has 0 unspecified atom stereocenters. The van der Waals surface area contributed by atoms with Crippen molar-refractivity contribution in [1.29, 1.82) is 5.41 Å². The first-order chi connectivity index (χ1) is 9.56. The summed E-state index contributed by atoms with van der Waals surface area (Å²) >= 11 is 0. The van der Waals surface area contributed by atoms with Crippen molar-refractivity contribution in [3.63, 3.8) is 0 Å². The zero-order valence-corrected chi connectivity index (χ0v) is 11.4. The molecule has 0 heterocycles. The van der Waals surface area contributed by atoms with E-state index in [1.54, 1.807) is 7.05 Å². The molecule has 0 saturated heterocycles. The van der Waals surface area contributed by atoms with Gasteiger partial charge in [-0.1, -0.05) is 18.2 Å². The lowest BCUT2D eigenvalue weighted by atomic mass is 10.1. The summed E-state index contributed by atoms with van der Waals surface area (Å²) in [6.45, 7) is 1.94. The van der Waals surface area contributed by atoms with Gasteiger partial charge in [0.15, 0.2) is 0 Å². The molecule has 0 bridgehead atoms. The van der Waals surface area contributed by atoms with Crippen LogP contribution in [0.15, 0.2) is 48.8 Å². The van der Waals surface area contributed by atoms with Crippen LogP contribution in [0.4, 0.5) is 5.69 Å². The third-order valence-electron chi connectivity index (χ3n) is 2.51. The molecule has 0 spiro atoms. The van der Waals surface area contributed by atoms with Crippen LogP contribution in [0.1, 0.15) is 5.56 Å². The van der Waals surface area contributed by atoms with E-state index in [1.165, 1.54) is 18.5 Å². The van der Waals surface area contributed by atoms with Gasteiger partial charge in [0.05, 0.1) is 0 Å². The molecule has 1 aromatic rings. The van der Waals surface area contributed by atoms with Crippen molar-refractivity contribution in [2.45, 2.75) is 6.92 Å². The van der Waals surface area contributed by atoms with Crippen molar-refractivity contribution in [2.75, 3.05) is 12.4 Å². The van der Waals surface area contributed by atoms with Gasteiger partial charge in [-0.3, -0.25) is 15.0 Å². The number of hydrogen-bond donors (Lipinski definition) is 3. The maximum atomic E-state index is 11.6. The molecule has 104 valence electrons. The minimum atomic E-state index is -0.642. The first kappa shape index (κ1) is 15.4. The Balaban J connectivity index is 2.60. The van der Waals surface area contributed by atoms with E-state index in [0.717, 1.165) is 17.3 Å². The number of aryl methyl sites for hydroxylation is 1. The molecule has 0 radical (unpaired) electrons. The van der Waals surface area contributed by atoms with Gasteiger partial charge in [-0.2, -0.15) is 0 Å². The van der Waals surface area contributed by atoms with E-state index in [4.69, 9.17) is 5.41 Å². The summed E-state index contributed by atoms with van der Waals surface area (Å²) in [5, 5.41) is 13.0. The van der Waals surface area contributed by atoms with Gasteiger partial charge in [0.25, 0.3) is 0 Å². The zero-order valence-electron chi connectivity index (χ0n) is 11.4. The molecule has 5 nitrogen and oxygen atoms in total. The molecule has 0 amide bonds. The average Bonchev–Trinajstić information content (AvgIpc) is 2.45. The Kier molecular flexibility index (Phi) is 5.90. The molecular formula is C15H17N3O2. The van der Waals surface area contributed by atoms with Gasteiger partial charge in [0.2, 0.25) is 11.6 Å². The number of allylic oxidation sites excluding steroid dienone is 2. The summed E-state index contributed by atoms with van der Waals surface area (Å²) in [6, 6.07) is 7.60. The van der Waals surface area contributed by atoms with E-state index in [0.29, 0.717) is 0 Å². The van der Waals surface area contributed by atoms with Crippen molar-refractivity contribution < 1.29 is 9.59 Å². The second-order valence-corrected chi connectivity index (χ2v) is 4.02. The van der Waals surface area contributed by atoms with Gasteiger partial charge in [-0.25, -0.2) is 0 Å². The maximum absolute atomic E-state index is 11.6. The number of carbonyl (C=O) groups excluding carboxylic acids is 2. The molecule has 0 fully saturated rings. The fourth-order valence-corrected chi connectivity index (χ4v) is 1.39. The van der Waals surface area contributed by atoms with Crippen LogP contribution in [0.3, 0.4) is 0 Å². The number of para-hydroxylation sites is 1. The van der Waals surface area contributed by atoms with E-state index in [2.05, 4.69) is 10.6 Å². The highest BCUT2D eigenvalue weighted by Crippen LogP contribution is 2.12. The second-order valence-electron chi connectivity index (χ2n) is 4.02. The van der Waals surface area contributed by atoms with Crippen molar-refractivity contribution in [3.05, 3.63) is 54.4 Å². The SMILES string of the molecule is CNC=CC(=O)C(=N)C(=O)/C=C\Nc1ccccc1C. The molecule has 0 aromatic heterocycles. The summed E-state index contributed by atoms with van der Waals surface area (Å²) in [5.74, 6) is -1.28. The third-order valence-corrected chi connectivity index (χ3v) is 2.51. The van der Waals surface area contributed by atoms with Gasteiger partial charge in [-0.05, 0) is 18.6 Å². The molecule has 20 heavy (non-hydrogen) atoms. The Morgan fingerprint density at radius 1 is 1.10 bits per heavy atom. The van der Waals surface area contributed by atoms with Crippen molar-refractivity contribution in [3.8, 4) is 0 Å². The fourth-order valence-electron chi connectivity index (χ4n) is 1.39. The Bertz CT molecular complexity index is 574. The summed E-state index contributed by atoms with van der Waals surface area (Å²) in [4.78, 5) is 23.0. The highest BCUT2D eigenvalue weighted by atomic mass is 16.1. The van der Waals surface area contributed by atoms with Crippen molar-refractivity contribution in [2.24, 2.45) is 0 Å². The Hall–Kier alpha value is -2.69. The highest BCUT2D eigenvalue weighted by Gasteiger charge is 2.12. The predicted molar refractivity (Wildman–Crippen MR) is 79.9 cm³/mol. The smallest absolute Gasteiger partial charge is 0.208 e. The normalized spacial score (nSPS) is 10.7. The maximum Gasteiger partial charge on any atom is 0.208 e. The standard InChI is InChI=1S/C15H17N3O2/c1-11-5-3-4-6-12(11)18-10-8-14(20)15(16)13(19)7-9-17-2/h3-10,16-18H,1-2H3/b9-7?,10-8-,16-15?. The van der Waals surface area contributed by atoms with Crippen molar-refractivity contribution in [1.82, 2.24) is 5.32 Å². The molecule has 3 N–H and O–H groups in total. The molecule has 0 aliphatic carbocycles. The number of carbonyl (C=O) groups is 2. The number of rotatable bonds is 7. The molecule has 0 aliphatic rings. The van der Waals surface area contributed by atoms with Crippen LogP contribution in [-0.2, 0) is 9.59 Å². The van der Waals surface area contributed by atoms with Gasteiger partial charge in [0.1, 0.15) is 5.71 Å². The first-order valence-corrected chi connectivity index (χ1v) is 6.06. The Morgan fingerprint density at radius 2 is 1.70 bits per heavy atom. The topological polar surface area (TPSA) is 82.1 Å². The number of anilines is 1. The predicted octanol–water partition coefficient (Wildman–Crippen LogP) is 1.81. The lowest BCUT2D eigenvalue weighted by Gasteiger charge is -2.03. The summed E-state index contributed by atoms with van der Waals surface area (Å²) in [7, 11) is 1.63. The van der Waals surface area contributed by atoms with Crippen LogP contribution < -0.4 is 10.6 Å². The van der Waals surface area contributed by atoms with Gasteiger partial charge < -0.3 is 10.6 Å². The van der Waals surface area contributed by atoms with Crippen molar-refractivity contribution >= 4 is 23.0 Å². The largest absolute Gasteiger partial charge is 0.394 e. The minimum Gasteiger partial charge on any atom is -0.394 e. The molecule has 1 aromatic carbocycles. The lowest BCUT2D eigenvalue weighted by Crippen LogP contribution is -2.20. The van der Waals surface area contributed by atoms with Crippen LogP contribution in [0.2, 0.25) is 0 Å². The molecule has 0 atom stereocenters.